The summed E-state index contributed by atoms with van der Waals surface area (Å²) in [5, 5.41) is 6.56. The molecule has 0 saturated heterocycles. The van der Waals surface area contributed by atoms with E-state index in [2.05, 4.69) is 71.4 Å². The van der Waals surface area contributed by atoms with Gasteiger partial charge in [-0.2, -0.15) is 0 Å². The van der Waals surface area contributed by atoms with Crippen LogP contribution in [0.1, 0.15) is 25.5 Å². The molecule has 0 fully saturated rings. The van der Waals surface area contributed by atoms with Gasteiger partial charge in [0.05, 0.1) is 9.26 Å². The molecule has 3 aromatic rings. The van der Waals surface area contributed by atoms with Crippen LogP contribution in [0.15, 0.2) is 29.6 Å². The minimum absolute atomic E-state index is 0.371. The van der Waals surface area contributed by atoms with Crippen molar-refractivity contribution in [2.75, 3.05) is 12.4 Å². The molecule has 108 valence electrons. The van der Waals surface area contributed by atoms with Gasteiger partial charge in [-0.15, -0.1) is 11.3 Å². The molecule has 0 aliphatic carbocycles. The molecular formula is C16H16IN3S. The van der Waals surface area contributed by atoms with E-state index in [1.165, 1.54) is 10.1 Å². The number of hydrogen-bond acceptors (Lipinski definition) is 4. The largest absolute Gasteiger partial charge is 0.372 e. The molecule has 3 nitrogen and oxygen atoms in total. The van der Waals surface area contributed by atoms with Gasteiger partial charge in [-0.1, -0.05) is 32.0 Å². The highest BCUT2D eigenvalue weighted by molar-refractivity contribution is 14.1. The van der Waals surface area contributed by atoms with Crippen molar-refractivity contribution in [2.24, 2.45) is 0 Å². The van der Waals surface area contributed by atoms with Crippen LogP contribution in [-0.4, -0.2) is 17.0 Å². The van der Waals surface area contributed by atoms with Crippen LogP contribution in [-0.2, 0) is 0 Å². The van der Waals surface area contributed by atoms with Crippen LogP contribution in [0.4, 0.5) is 5.82 Å². The molecule has 1 N–H and O–H groups in total. The summed E-state index contributed by atoms with van der Waals surface area (Å²) in [6, 6.07) is 8.40. The lowest BCUT2D eigenvalue weighted by atomic mass is 10.1. The molecule has 0 aliphatic rings. The average molecular weight is 409 g/mol. The number of nitrogens with zero attached hydrogens (tertiary/aromatic N) is 2. The molecular weight excluding hydrogens is 393 g/mol. The van der Waals surface area contributed by atoms with E-state index in [-0.39, 0.29) is 0 Å². The van der Waals surface area contributed by atoms with Gasteiger partial charge in [0.25, 0.3) is 0 Å². The molecule has 0 amide bonds. The van der Waals surface area contributed by atoms with E-state index in [1.807, 2.05) is 7.05 Å². The van der Waals surface area contributed by atoms with Crippen molar-refractivity contribution in [3.05, 3.63) is 38.9 Å². The maximum atomic E-state index is 4.82. The SMILES string of the molecule is CNc1nc(-c2csc3ccccc23)nc(C(C)C)c1I. The highest BCUT2D eigenvalue weighted by Gasteiger charge is 2.17. The number of hydrogen-bond donors (Lipinski definition) is 1. The Hall–Kier alpha value is -1.21. The Morgan fingerprint density at radius 1 is 1.19 bits per heavy atom. The second-order valence-corrected chi connectivity index (χ2v) is 7.14. The van der Waals surface area contributed by atoms with E-state index >= 15 is 0 Å². The minimum atomic E-state index is 0.371. The Kier molecular flexibility index (Phi) is 4.12. The van der Waals surface area contributed by atoms with Crippen LogP contribution in [0.3, 0.4) is 0 Å². The lowest BCUT2D eigenvalue weighted by Crippen LogP contribution is -2.06. The van der Waals surface area contributed by atoms with Gasteiger partial charge in [0.15, 0.2) is 5.82 Å². The van der Waals surface area contributed by atoms with Crippen molar-refractivity contribution in [1.29, 1.82) is 0 Å². The molecule has 1 aromatic carbocycles. The number of rotatable bonds is 3. The zero-order valence-electron chi connectivity index (χ0n) is 12.1. The average Bonchev–Trinajstić information content (AvgIpc) is 2.91. The van der Waals surface area contributed by atoms with Gasteiger partial charge >= 0.3 is 0 Å². The van der Waals surface area contributed by atoms with Gasteiger partial charge < -0.3 is 5.32 Å². The summed E-state index contributed by atoms with van der Waals surface area (Å²) in [6.07, 6.45) is 0. The number of fused-ring (bicyclic) bond motifs is 1. The summed E-state index contributed by atoms with van der Waals surface area (Å²) < 4.78 is 2.38. The third-order valence-corrected chi connectivity index (χ3v) is 5.41. The number of aromatic nitrogens is 2. The fourth-order valence-corrected chi connectivity index (χ4v) is 4.36. The van der Waals surface area contributed by atoms with E-state index in [4.69, 9.17) is 9.97 Å². The Bertz CT molecular complexity index is 795. The number of anilines is 1. The summed E-state index contributed by atoms with van der Waals surface area (Å²) in [6.45, 7) is 4.33. The summed E-state index contributed by atoms with van der Waals surface area (Å²) in [5.74, 6) is 2.08. The monoisotopic (exact) mass is 409 g/mol. The third-order valence-electron chi connectivity index (χ3n) is 3.38. The number of halogens is 1. The van der Waals surface area contributed by atoms with Crippen LogP contribution < -0.4 is 5.32 Å². The highest BCUT2D eigenvalue weighted by Crippen LogP contribution is 2.34. The topological polar surface area (TPSA) is 37.8 Å². The maximum Gasteiger partial charge on any atom is 0.163 e. The third kappa shape index (κ3) is 2.64. The van der Waals surface area contributed by atoms with Gasteiger partial charge in [0, 0.05) is 28.1 Å². The van der Waals surface area contributed by atoms with Crippen LogP contribution in [0.5, 0.6) is 0 Å². The van der Waals surface area contributed by atoms with Crippen molar-refractivity contribution in [2.45, 2.75) is 19.8 Å². The number of benzene rings is 1. The van der Waals surface area contributed by atoms with Crippen LogP contribution in [0, 0.1) is 3.57 Å². The normalized spacial score (nSPS) is 11.3. The van der Waals surface area contributed by atoms with Crippen LogP contribution in [0.25, 0.3) is 21.5 Å². The quantitative estimate of drug-likeness (QED) is 0.610. The Labute approximate surface area is 142 Å². The first-order chi connectivity index (χ1) is 10.1. The van der Waals surface area contributed by atoms with Gasteiger partial charge in [0.1, 0.15) is 5.82 Å². The molecule has 2 heterocycles. The molecule has 2 aromatic heterocycles. The first-order valence-corrected chi connectivity index (χ1v) is 8.79. The van der Waals surface area contributed by atoms with E-state index in [0.29, 0.717) is 5.92 Å². The van der Waals surface area contributed by atoms with Gasteiger partial charge in [-0.3, -0.25) is 0 Å². The van der Waals surface area contributed by atoms with E-state index < -0.39 is 0 Å². The van der Waals surface area contributed by atoms with Crippen LogP contribution in [0.2, 0.25) is 0 Å². The zero-order valence-corrected chi connectivity index (χ0v) is 15.1. The highest BCUT2D eigenvalue weighted by atomic mass is 127. The van der Waals surface area contributed by atoms with Gasteiger partial charge in [-0.05, 0) is 34.6 Å². The minimum Gasteiger partial charge on any atom is -0.372 e. The molecule has 0 bridgehead atoms. The molecule has 0 unspecified atom stereocenters. The summed E-state index contributed by atoms with van der Waals surface area (Å²) in [4.78, 5) is 9.52. The van der Waals surface area contributed by atoms with Crippen molar-refractivity contribution < 1.29 is 0 Å². The first-order valence-electron chi connectivity index (χ1n) is 6.83. The van der Waals surface area contributed by atoms with E-state index in [9.17, 15) is 0 Å². The maximum absolute atomic E-state index is 4.82. The van der Waals surface area contributed by atoms with Crippen LogP contribution >= 0.6 is 33.9 Å². The Morgan fingerprint density at radius 2 is 1.95 bits per heavy atom. The fraction of sp³-hybridized carbons (Fsp3) is 0.250. The molecule has 0 atom stereocenters. The molecule has 5 heteroatoms. The number of nitrogens with one attached hydrogen (secondary N) is 1. The lowest BCUT2D eigenvalue weighted by molar-refractivity contribution is 0.809. The molecule has 21 heavy (non-hydrogen) atoms. The zero-order chi connectivity index (χ0) is 15.0. The standard InChI is InChI=1S/C16H16IN3S/c1-9(2)14-13(17)16(18-3)20-15(19-14)11-8-21-12-7-5-4-6-10(11)12/h4-9H,1-3H3,(H,18,19,20). The molecule has 0 aliphatic heterocycles. The second kappa shape index (κ2) is 5.88. The summed E-state index contributed by atoms with van der Waals surface area (Å²) >= 11 is 4.06. The smallest absolute Gasteiger partial charge is 0.163 e. The molecule has 0 spiro atoms. The van der Waals surface area contributed by atoms with Crippen molar-refractivity contribution in [1.82, 2.24) is 9.97 Å². The lowest BCUT2D eigenvalue weighted by Gasteiger charge is -2.13. The van der Waals surface area contributed by atoms with Gasteiger partial charge in [0.2, 0.25) is 0 Å². The number of thiophene rings is 1. The van der Waals surface area contributed by atoms with E-state index in [0.717, 1.165) is 26.5 Å². The Balaban J connectivity index is 2.25. The second-order valence-electron chi connectivity index (χ2n) is 5.15. The first kappa shape index (κ1) is 14.7. The summed E-state index contributed by atoms with van der Waals surface area (Å²) in [7, 11) is 1.91. The molecule has 3 rings (SSSR count). The van der Waals surface area contributed by atoms with Crippen molar-refractivity contribution in [3.63, 3.8) is 0 Å². The van der Waals surface area contributed by atoms with E-state index in [1.54, 1.807) is 11.3 Å². The van der Waals surface area contributed by atoms with Crippen molar-refractivity contribution >= 4 is 49.8 Å². The predicted octanol–water partition coefficient (Wildman–Crippen LogP) is 5.13. The Morgan fingerprint density at radius 3 is 2.67 bits per heavy atom. The van der Waals surface area contributed by atoms with Crippen molar-refractivity contribution in [3.8, 4) is 11.4 Å². The predicted molar refractivity (Wildman–Crippen MR) is 99.2 cm³/mol. The summed E-state index contributed by atoms with van der Waals surface area (Å²) in [5.41, 5.74) is 2.21. The molecule has 0 radical (unpaired) electrons. The van der Waals surface area contributed by atoms with Gasteiger partial charge in [-0.25, -0.2) is 9.97 Å². The fourth-order valence-electron chi connectivity index (χ4n) is 2.28. The molecule has 0 saturated carbocycles.